The number of hydrogen-bond donors (Lipinski definition) is 1. The molecule has 1 aromatic rings. The summed E-state index contributed by atoms with van der Waals surface area (Å²) in [5, 5.41) is 2.42. The molecular formula is C16H20BrNO5. The van der Waals surface area contributed by atoms with Crippen LogP contribution in [0, 0.1) is 0 Å². The van der Waals surface area contributed by atoms with Crippen LogP contribution >= 0.6 is 15.9 Å². The molecule has 0 radical (unpaired) electrons. The van der Waals surface area contributed by atoms with Crippen LogP contribution in [0.5, 0.6) is 5.75 Å². The standard InChI is InChI=1S/C16H20BrNO5/c1-3-22-8-9-23-14-6-5-13(17)10-12(14)4-7-15(19)18-11-16(20)21-2/h4-7,10H,3,8-9,11H2,1-2H3,(H,18,19)/b7-4+. The van der Waals surface area contributed by atoms with E-state index in [0.29, 0.717) is 25.6 Å². The van der Waals surface area contributed by atoms with Crippen LogP contribution in [-0.4, -0.2) is 45.4 Å². The molecule has 0 aromatic heterocycles. The molecule has 126 valence electrons. The number of esters is 1. The molecule has 1 aromatic carbocycles. The first-order chi connectivity index (χ1) is 11.1. The van der Waals surface area contributed by atoms with Crippen LogP contribution in [-0.2, 0) is 19.1 Å². The number of methoxy groups -OCH3 is 1. The third kappa shape index (κ3) is 7.80. The van der Waals surface area contributed by atoms with E-state index in [1.807, 2.05) is 25.1 Å². The molecule has 0 spiro atoms. The first-order valence-electron chi connectivity index (χ1n) is 7.09. The lowest BCUT2D eigenvalue weighted by Crippen LogP contribution is -2.28. The monoisotopic (exact) mass is 385 g/mol. The number of carbonyl (C=O) groups is 2. The van der Waals surface area contributed by atoms with Crippen molar-refractivity contribution in [2.24, 2.45) is 0 Å². The number of ether oxygens (including phenoxy) is 3. The smallest absolute Gasteiger partial charge is 0.325 e. The van der Waals surface area contributed by atoms with Crippen LogP contribution in [0.2, 0.25) is 0 Å². The minimum atomic E-state index is -0.505. The van der Waals surface area contributed by atoms with E-state index in [-0.39, 0.29) is 6.54 Å². The molecule has 6 nitrogen and oxygen atoms in total. The van der Waals surface area contributed by atoms with Crippen molar-refractivity contribution in [3.05, 3.63) is 34.3 Å². The second kappa shape index (κ2) is 10.8. The Bertz CT molecular complexity index is 559. The predicted molar refractivity (Wildman–Crippen MR) is 90.2 cm³/mol. The fourth-order valence-electron chi connectivity index (χ4n) is 1.59. The van der Waals surface area contributed by atoms with Crippen molar-refractivity contribution in [2.75, 3.05) is 33.5 Å². The molecule has 1 rings (SSSR count). The minimum absolute atomic E-state index is 0.171. The average molecular weight is 386 g/mol. The number of rotatable bonds is 9. The first kappa shape index (κ1) is 19.2. The van der Waals surface area contributed by atoms with Crippen molar-refractivity contribution < 1.29 is 23.8 Å². The Morgan fingerprint density at radius 3 is 2.78 bits per heavy atom. The molecule has 23 heavy (non-hydrogen) atoms. The van der Waals surface area contributed by atoms with Crippen LogP contribution < -0.4 is 10.1 Å². The Labute approximate surface area is 143 Å². The fraction of sp³-hybridized carbons (Fsp3) is 0.375. The lowest BCUT2D eigenvalue weighted by Gasteiger charge is -2.09. The number of nitrogens with one attached hydrogen (secondary N) is 1. The molecule has 0 saturated heterocycles. The van der Waals surface area contributed by atoms with Crippen LogP contribution in [0.15, 0.2) is 28.7 Å². The van der Waals surface area contributed by atoms with Crippen LogP contribution in [0.4, 0.5) is 0 Å². The molecule has 0 saturated carbocycles. The van der Waals surface area contributed by atoms with Gasteiger partial charge in [0.25, 0.3) is 0 Å². The highest BCUT2D eigenvalue weighted by molar-refractivity contribution is 9.10. The summed E-state index contributed by atoms with van der Waals surface area (Å²) in [6, 6.07) is 5.49. The van der Waals surface area contributed by atoms with Crippen LogP contribution in [0.3, 0.4) is 0 Å². The predicted octanol–water partition coefficient (Wildman–Crippen LogP) is 2.17. The molecule has 0 unspecified atom stereocenters. The average Bonchev–Trinajstić information content (AvgIpc) is 2.55. The van der Waals surface area contributed by atoms with Gasteiger partial charge in [-0.1, -0.05) is 15.9 Å². The van der Waals surface area contributed by atoms with Crippen LogP contribution in [0.1, 0.15) is 12.5 Å². The highest BCUT2D eigenvalue weighted by Gasteiger charge is 2.05. The van der Waals surface area contributed by atoms with E-state index in [1.165, 1.54) is 13.2 Å². The minimum Gasteiger partial charge on any atom is -0.491 e. The third-order valence-corrected chi connectivity index (χ3v) is 3.20. The van der Waals surface area contributed by atoms with E-state index >= 15 is 0 Å². The third-order valence-electron chi connectivity index (χ3n) is 2.71. The Hall–Kier alpha value is -1.86. The maximum atomic E-state index is 11.7. The molecule has 0 aliphatic carbocycles. The van der Waals surface area contributed by atoms with Gasteiger partial charge in [0.1, 0.15) is 18.9 Å². The van der Waals surface area contributed by atoms with Gasteiger partial charge in [0.15, 0.2) is 0 Å². The normalized spacial score (nSPS) is 10.6. The lowest BCUT2D eigenvalue weighted by atomic mass is 10.2. The van der Waals surface area contributed by atoms with Crippen molar-refractivity contribution in [1.82, 2.24) is 5.32 Å². The maximum absolute atomic E-state index is 11.7. The molecule has 1 amide bonds. The van der Waals surface area contributed by atoms with Gasteiger partial charge in [-0.25, -0.2) is 0 Å². The molecule has 0 aliphatic heterocycles. The van der Waals surface area contributed by atoms with E-state index < -0.39 is 11.9 Å². The largest absolute Gasteiger partial charge is 0.491 e. The van der Waals surface area contributed by atoms with Crippen molar-refractivity contribution in [3.8, 4) is 5.75 Å². The van der Waals surface area contributed by atoms with E-state index in [2.05, 4.69) is 26.0 Å². The van der Waals surface area contributed by atoms with E-state index in [1.54, 1.807) is 6.08 Å². The SMILES string of the molecule is CCOCCOc1ccc(Br)cc1/C=C/C(=O)NCC(=O)OC. The van der Waals surface area contributed by atoms with Crippen molar-refractivity contribution in [3.63, 3.8) is 0 Å². The van der Waals surface area contributed by atoms with E-state index in [0.717, 1.165) is 10.0 Å². The molecule has 0 aliphatic rings. The maximum Gasteiger partial charge on any atom is 0.325 e. The molecule has 0 bridgehead atoms. The fourth-order valence-corrected chi connectivity index (χ4v) is 1.97. The van der Waals surface area contributed by atoms with Gasteiger partial charge >= 0.3 is 5.97 Å². The topological polar surface area (TPSA) is 73.9 Å². The summed E-state index contributed by atoms with van der Waals surface area (Å²) in [6.07, 6.45) is 2.95. The van der Waals surface area contributed by atoms with Gasteiger partial charge < -0.3 is 19.5 Å². The van der Waals surface area contributed by atoms with E-state index in [4.69, 9.17) is 9.47 Å². The number of hydrogen-bond acceptors (Lipinski definition) is 5. The van der Waals surface area contributed by atoms with Gasteiger partial charge in [-0.15, -0.1) is 0 Å². The molecule has 0 atom stereocenters. The zero-order valence-electron chi connectivity index (χ0n) is 13.1. The molecule has 7 heteroatoms. The lowest BCUT2D eigenvalue weighted by molar-refractivity contribution is -0.140. The Morgan fingerprint density at radius 1 is 1.30 bits per heavy atom. The zero-order valence-corrected chi connectivity index (χ0v) is 14.7. The highest BCUT2D eigenvalue weighted by Crippen LogP contribution is 2.24. The Kier molecular flexibility index (Phi) is 9.01. The Morgan fingerprint density at radius 2 is 2.09 bits per heavy atom. The van der Waals surface area contributed by atoms with Gasteiger partial charge in [0.05, 0.1) is 13.7 Å². The summed E-state index contributed by atoms with van der Waals surface area (Å²) < 4.78 is 16.2. The van der Waals surface area contributed by atoms with Crippen LogP contribution in [0.25, 0.3) is 6.08 Å². The Balaban J connectivity index is 2.65. The summed E-state index contributed by atoms with van der Waals surface area (Å²) in [7, 11) is 1.26. The second-order valence-corrected chi connectivity index (χ2v) is 5.27. The number of amides is 1. The molecular weight excluding hydrogens is 366 g/mol. The summed E-state index contributed by atoms with van der Waals surface area (Å²) in [5.41, 5.74) is 0.740. The van der Waals surface area contributed by atoms with Gasteiger partial charge in [-0.05, 0) is 31.2 Å². The van der Waals surface area contributed by atoms with E-state index in [9.17, 15) is 9.59 Å². The summed E-state index contributed by atoms with van der Waals surface area (Å²) in [6.45, 7) is 3.30. The second-order valence-electron chi connectivity index (χ2n) is 4.35. The summed E-state index contributed by atoms with van der Waals surface area (Å²) in [4.78, 5) is 22.6. The zero-order chi connectivity index (χ0) is 17.1. The van der Waals surface area contributed by atoms with Gasteiger partial charge in [0, 0.05) is 22.7 Å². The summed E-state index contributed by atoms with van der Waals surface area (Å²) in [5.74, 6) is -0.255. The van der Waals surface area contributed by atoms with Gasteiger partial charge in [0.2, 0.25) is 5.91 Å². The highest BCUT2D eigenvalue weighted by atomic mass is 79.9. The molecule has 0 heterocycles. The van der Waals surface area contributed by atoms with Gasteiger partial charge in [-0.2, -0.15) is 0 Å². The quantitative estimate of drug-likeness (QED) is 0.400. The number of carbonyl (C=O) groups excluding carboxylic acids is 2. The summed E-state index contributed by atoms with van der Waals surface area (Å²) >= 11 is 3.38. The molecule has 0 fully saturated rings. The van der Waals surface area contributed by atoms with Crippen molar-refractivity contribution in [1.29, 1.82) is 0 Å². The number of benzene rings is 1. The first-order valence-corrected chi connectivity index (χ1v) is 7.89. The molecule has 1 N–H and O–H groups in total. The number of halogens is 1. The van der Waals surface area contributed by atoms with Gasteiger partial charge in [-0.3, -0.25) is 9.59 Å². The van der Waals surface area contributed by atoms with Crippen molar-refractivity contribution in [2.45, 2.75) is 6.92 Å². The van der Waals surface area contributed by atoms with Crippen molar-refractivity contribution >= 4 is 33.9 Å².